The monoisotopic (exact) mass is 273 g/mol. The molecule has 1 aromatic heterocycles. The molecule has 0 aliphatic heterocycles. The minimum atomic E-state index is -0.951. The average molecular weight is 273 g/mol. The molecule has 106 valence electrons. The average Bonchev–Trinajstić information content (AvgIpc) is 2.82. The SMILES string of the molecule is CC1CCC(n2nnc3c(C(=O)O)cccc32)C(C)C1. The molecule has 1 saturated carbocycles. The highest BCUT2D eigenvalue weighted by atomic mass is 16.4. The molecule has 0 bridgehead atoms. The first-order valence-corrected chi connectivity index (χ1v) is 7.15. The van der Waals surface area contributed by atoms with Gasteiger partial charge in [-0.15, -0.1) is 5.10 Å². The maximum Gasteiger partial charge on any atom is 0.338 e. The first-order valence-electron chi connectivity index (χ1n) is 7.15. The zero-order valence-electron chi connectivity index (χ0n) is 11.8. The summed E-state index contributed by atoms with van der Waals surface area (Å²) in [5.74, 6) is 0.343. The van der Waals surface area contributed by atoms with E-state index in [1.165, 1.54) is 12.8 Å². The Hall–Kier alpha value is -1.91. The number of carboxylic acid groups (broad SMARTS) is 1. The molecule has 3 unspecified atom stereocenters. The van der Waals surface area contributed by atoms with E-state index in [0.717, 1.165) is 17.9 Å². The highest BCUT2D eigenvalue weighted by molar-refractivity contribution is 6.00. The highest BCUT2D eigenvalue weighted by Gasteiger charge is 2.29. The van der Waals surface area contributed by atoms with Crippen molar-refractivity contribution >= 4 is 17.0 Å². The second-order valence-corrected chi connectivity index (χ2v) is 5.98. The molecule has 1 aliphatic carbocycles. The minimum absolute atomic E-state index is 0.227. The molecular weight excluding hydrogens is 254 g/mol. The Morgan fingerprint density at radius 3 is 2.85 bits per heavy atom. The maximum absolute atomic E-state index is 11.2. The van der Waals surface area contributed by atoms with Crippen molar-refractivity contribution in [2.45, 2.75) is 39.2 Å². The Morgan fingerprint density at radius 2 is 2.15 bits per heavy atom. The molecular formula is C15H19N3O2. The molecule has 3 atom stereocenters. The number of nitrogens with zero attached hydrogens (tertiary/aromatic N) is 3. The van der Waals surface area contributed by atoms with E-state index in [1.807, 2.05) is 10.7 Å². The van der Waals surface area contributed by atoms with Crippen molar-refractivity contribution in [3.63, 3.8) is 0 Å². The molecule has 1 fully saturated rings. The van der Waals surface area contributed by atoms with Crippen LogP contribution in [0.2, 0.25) is 0 Å². The first kappa shape index (κ1) is 13.1. The molecule has 1 aromatic carbocycles. The molecule has 0 spiro atoms. The van der Waals surface area contributed by atoms with Crippen molar-refractivity contribution in [2.75, 3.05) is 0 Å². The fourth-order valence-corrected chi connectivity index (χ4v) is 3.39. The van der Waals surface area contributed by atoms with Crippen molar-refractivity contribution in [1.82, 2.24) is 15.0 Å². The molecule has 1 N–H and O–H groups in total. The van der Waals surface area contributed by atoms with E-state index in [4.69, 9.17) is 0 Å². The highest BCUT2D eigenvalue weighted by Crippen LogP contribution is 2.37. The van der Waals surface area contributed by atoms with Gasteiger partial charge in [0, 0.05) is 0 Å². The van der Waals surface area contributed by atoms with E-state index in [0.29, 0.717) is 17.5 Å². The van der Waals surface area contributed by atoms with Gasteiger partial charge in [0.25, 0.3) is 0 Å². The van der Waals surface area contributed by atoms with E-state index >= 15 is 0 Å². The van der Waals surface area contributed by atoms with Crippen LogP contribution in [0, 0.1) is 11.8 Å². The lowest BCUT2D eigenvalue weighted by atomic mass is 9.80. The van der Waals surface area contributed by atoms with Gasteiger partial charge >= 0.3 is 5.97 Å². The number of rotatable bonds is 2. The normalized spacial score (nSPS) is 26.8. The lowest BCUT2D eigenvalue weighted by molar-refractivity contribution is 0.0699. The Kier molecular flexibility index (Phi) is 3.20. The van der Waals surface area contributed by atoms with Crippen molar-refractivity contribution in [2.24, 2.45) is 11.8 Å². The van der Waals surface area contributed by atoms with E-state index in [9.17, 15) is 9.90 Å². The molecule has 1 aliphatic rings. The van der Waals surface area contributed by atoms with Gasteiger partial charge in [-0.25, -0.2) is 9.48 Å². The second-order valence-electron chi connectivity index (χ2n) is 5.98. The van der Waals surface area contributed by atoms with Crippen molar-refractivity contribution in [3.05, 3.63) is 23.8 Å². The Labute approximate surface area is 117 Å². The maximum atomic E-state index is 11.2. The molecule has 2 aromatic rings. The van der Waals surface area contributed by atoms with Crippen LogP contribution in [0.5, 0.6) is 0 Å². The smallest absolute Gasteiger partial charge is 0.338 e. The van der Waals surface area contributed by atoms with E-state index in [-0.39, 0.29) is 5.56 Å². The predicted octanol–water partition coefficient (Wildman–Crippen LogP) is 3.13. The molecule has 5 heteroatoms. The van der Waals surface area contributed by atoms with Gasteiger partial charge in [-0.2, -0.15) is 0 Å². The summed E-state index contributed by atoms with van der Waals surface area (Å²) in [5, 5.41) is 17.6. The van der Waals surface area contributed by atoms with Gasteiger partial charge in [-0.3, -0.25) is 0 Å². The lowest BCUT2D eigenvalue weighted by Crippen LogP contribution is -2.25. The third kappa shape index (κ3) is 2.07. The Balaban J connectivity index is 2.05. The van der Waals surface area contributed by atoms with Crippen LogP contribution >= 0.6 is 0 Å². The number of benzene rings is 1. The van der Waals surface area contributed by atoms with Crippen molar-refractivity contribution < 1.29 is 9.90 Å². The van der Waals surface area contributed by atoms with Gasteiger partial charge in [-0.1, -0.05) is 25.1 Å². The van der Waals surface area contributed by atoms with Gasteiger partial charge in [0.05, 0.1) is 17.1 Å². The quantitative estimate of drug-likeness (QED) is 0.912. The molecule has 1 heterocycles. The van der Waals surface area contributed by atoms with Crippen LogP contribution < -0.4 is 0 Å². The van der Waals surface area contributed by atoms with Crippen LogP contribution in [0.4, 0.5) is 0 Å². The summed E-state index contributed by atoms with van der Waals surface area (Å²) >= 11 is 0. The zero-order chi connectivity index (χ0) is 14.3. The molecule has 0 saturated heterocycles. The largest absolute Gasteiger partial charge is 0.478 e. The zero-order valence-corrected chi connectivity index (χ0v) is 11.8. The van der Waals surface area contributed by atoms with Crippen LogP contribution in [-0.4, -0.2) is 26.1 Å². The number of hydrogen-bond acceptors (Lipinski definition) is 3. The fraction of sp³-hybridized carbons (Fsp3) is 0.533. The number of aromatic carboxylic acids is 1. The van der Waals surface area contributed by atoms with Gasteiger partial charge < -0.3 is 5.11 Å². The summed E-state index contributed by atoms with van der Waals surface area (Å²) in [6, 6.07) is 5.57. The predicted molar refractivity (Wildman–Crippen MR) is 75.7 cm³/mol. The fourth-order valence-electron chi connectivity index (χ4n) is 3.39. The molecule has 5 nitrogen and oxygen atoms in total. The standard InChI is InChI=1S/C15H19N3O2/c1-9-6-7-12(10(2)8-9)18-13-5-3-4-11(15(19)20)14(13)16-17-18/h3-5,9-10,12H,6-8H2,1-2H3,(H,19,20). The second kappa shape index (κ2) is 4.89. The minimum Gasteiger partial charge on any atom is -0.478 e. The van der Waals surface area contributed by atoms with Crippen LogP contribution in [0.1, 0.15) is 49.5 Å². The Morgan fingerprint density at radius 1 is 1.35 bits per heavy atom. The Bertz CT molecular complexity index is 650. The van der Waals surface area contributed by atoms with Crippen molar-refractivity contribution in [1.29, 1.82) is 0 Å². The third-order valence-electron chi connectivity index (χ3n) is 4.43. The summed E-state index contributed by atoms with van der Waals surface area (Å²) in [6.07, 6.45) is 3.46. The van der Waals surface area contributed by atoms with Gasteiger partial charge in [0.2, 0.25) is 0 Å². The lowest BCUT2D eigenvalue weighted by Gasteiger charge is -2.32. The van der Waals surface area contributed by atoms with Crippen LogP contribution in [0.25, 0.3) is 11.0 Å². The number of aromatic nitrogens is 3. The number of hydrogen-bond donors (Lipinski definition) is 1. The van der Waals surface area contributed by atoms with Gasteiger partial charge in [-0.05, 0) is 43.2 Å². The molecule has 0 amide bonds. The molecule has 3 rings (SSSR count). The molecule has 20 heavy (non-hydrogen) atoms. The van der Waals surface area contributed by atoms with E-state index in [2.05, 4.69) is 24.2 Å². The van der Waals surface area contributed by atoms with E-state index in [1.54, 1.807) is 12.1 Å². The van der Waals surface area contributed by atoms with Crippen LogP contribution in [-0.2, 0) is 0 Å². The summed E-state index contributed by atoms with van der Waals surface area (Å²) in [7, 11) is 0. The first-order chi connectivity index (χ1) is 9.58. The van der Waals surface area contributed by atoms with Crippen LogP contribution in [0.3, 0.4) is 0 Å². The number of carboxylic acids is 1. The summed E-state index contributed by atoms with van der Waals surface area (Å²) in [5.41, 5.74) is 1.55. The van der Waals surface area contributed by atoms with E-state index < -0.39 is 5.97 Å². The molecule has 0 radical (unpaired) electrons. The summed E-state index contributed by atoms with van der Waals surface area (Å²) in [6.45, 7) is 4.53. The summed E-state index contributed by atoms with van der Waals surface area (Å²) < 4.78 is 1.93. The van der Waals surface area contributed by atoms with Gasteiger partial charge in [0.1, 0.15) is 5.52 Å². The third-order valence-corrected chi connectivity index (χ3v) is 4.43. The van der Waals surface area contributed by atoms with Crippen molar-refractivity contribution in [3.8, 4) is 0 Å². The number of fused-ring (bicyclic) bond motifs is 1. The van der Waals surface area contributed by atoms with Gasteiger partial charge in [0.15, 0.2) is 0 Å². The number of carbonyl (C=O) groups is 1. The topological polar surface area (TPSA) is 68.0 Å². The summed E-state index contributed by atoms with van der Waals surface area (Å²) in [4.78, 5) is 11.2. The van der Waals surface area contributed by atoms with Crippen LogP contribution in [0.15, 0.2) is 18.2 Å².